The van der Waals surface area contributed by atoms with Crippen molar-refractivity contribution in [1.29, 1.82) is 0 Å². The van der Waals surface area contributed by atoms with Crippen LogP contribution in [-0.4, -0.2) is 78.7 Å². The van der Waals surface area contributed by atoms with Gasteiger partial charge in [-0.15, -0.1) is 0 Å². The fourth-order valence-corrected chi connectivity index (χ4v) is 4.79. The van der Waals surface area contributed by atoms with Crippen molar-refractivity contribution in [2.24, 2.45) is 0 Å². The first-order chi connectivity index (χ1) is 17.0. The van der Waals surface area contributed by atoms with E-state index in [4.69, 9.17) is 9.84 Å². The van der Waals surface area contributed by atoms with Gasteiger partial charge >= 0.3 is 5.97 Å². The third-order valence-corrected chi connectivity index (χ3v) is 6.89. The van der Waals surface area contributed by atoms with E-state index in [1.54, 1.807) is 24.3 Å². The van der Waals surface area contributed by atoms with E-state index in [1.807, 2.05) is 17.0 Å². The zero-order valence-electron chi connectivity index (χ0n) is 20.4. The smallest absolute Gasteiger partial charge is 0.328 e. The lowest BCUT2D eigenvalue weighted by atomic mass is 10.1. The quantitative estimate of drug-likeness (QED) is 0.435. The van der Waals surface area contributed by atoms with Crippen LogP contribution < -0.4 is 9.64 Å². The minimum Gasteiger partial charge on any atom is -0.494 e. The van der Waals surface area contributed by atoms with Crippen molar-refractivity contribution >= 4 is 23.6 Å². The molecule has 35 heavy (non-hydrogen) atoms. The van der Waals surface area contributed by atoms with Crippen molar-refractivity contribution < 1.29 is 19.4 Å². The van der Waals surface area contributed by atoms with E-state index in [2.05, 4.69) is 28.9 Å². The summed E-state index contributed by atoms with van der Waals surface area (Å²) in [6.45, 7) is 8.24. The van der Waals surface area contributed by atoms with Crippen LogP contribution in [0.5, 0.6) is 5.75 Å². The number of nitrogens with zero attached hydrogens (tertiary/aromatic N) is 3. The van der Waals surface area contributed by atoms with Gasteiger partial charge in [-0.3, -0.25) is 4.79 Å². The molecule has 0 spiro atoms. The molecule has 2 aromatic rings. The number of amides is 1. The number of hydrogen-bond acceptors (Lipinski definition) is 5. The van der Waals surface area contributed by atoms with Gasteiger partial charge in [0.25, 0.3) is 5.91 Å². The lowest BCUT2D eigenvalue weighted by Crippen LogP contribution is -2.48. The molecule has 7 heteroatoms. The summed E-state index contributed by atoms with van der Waals surface area (Å²) in [5, 5.41) is 8.73. The highest BCUT2D eigenvalue weighted by atomic mass is 16.5. The minimum atomic E-state index is -0.993. The number of carbonyl (C=O) groups is 2. The number of carbonyl (C=O) groups excluding carboxylic acids is 1. The number of carboxylic acid groups (broad SMARTS) is 1. The number of likely N-dealkylation sites (tertiary alicyclic amines) is 1. The average Bonchev–Trinajstić information content (AvgIpc) is 3.30. The maximum Gasteiger partial charge on any atom is 0.328 e. The Balaban J connectivity index is 1.21. The molecule has 1 unspecified atom stereocenters. The van der Waals surface area contributed by atoms with E-state index in [-0.39, 0.29) is 5.91 Å². The molecule has 1 amide bonds. The Morgan fingerprint density at radius 1 is 1.00 bits per heavy atom. The van der Waals surface area contributed by atoms with Crippen LogP contribution in [0.2, 0.25) is 0 Å². The van der Waals surface area contributed by atoms with Gasteiger partial charge < -0.3 is 24.5 Å². The molecule has 2 aromatic carbocycles. The summed E-state index contributed by atoms with van der Waals surface area (Å²) < 4.78 is 5.94. The molecule has 0 saturated carbocycles. The van der Waals surface area contributed by atoms with Crippen LogP contribution in [0.15, 0.2) is 54.6 Å². The Labute approximate surface area is 207 Å². The van der Waals surface area contributed by atoms with Crippen molar-refractivity contribution in [3.8, 4) is 5.75 Å². The molecule has 1 atom stereocenters. The molecular weight excluding hydrogens is 442 g/mol. The van der Waals surface area contributed by atoms with Crippen molar-refractivity contribution in [1.82, 2.24) is 9.80 Å². The molecule has 186 valence electrons. The van der Waals surface area contributed by atoms with Crippen LogP contribution in [0.4, 0.5) is 5.69 Å². The molecule has 0 radical (unpaired) electrons. The fraction of sp³-hybridized carbons (Fsp3) is 0.429. The highest BCUT2D eigenvalue weighted by Gasteiger charge is 2.22. The predicted molar refractivity (Wildman–Crippen MR) is 138 cm³/mol. The second kappa shape index (κ2) is 11.9. The number of rotatable bonds is 9. The summed E-state index contributed by atoms with van der Waals surface area (Å²) in [5.41, 5.74) is 2.51. The third kappa shape index (κ3) is 6.85. The molecule has 2 aliphatic heterocycles. The predicted octanol–water partition coefficient (Wildman–Crippen LogP) is 4.00. The van der Waals surface area contributed by atoms with Crippen LogP contribution in [0.3, 0.4) is 0 Å². The fourth-order valence-electron chi connectivity index (χ4n) is 4.79. The van der Waals surface area contributed by atoms with Crippen molar-refractivity contribution in [2.45, 2.75) is 32.2 Å². The molecule has 4 rings (SSSR count). The van der Waals surface area contributed by atoms with Crippen LogP contribution in [0.25, 0.3) is 6.08 Å². The van der Waals surface area contributed by atoms with E-state index in [9.17, 15) is 9.59 Å². The maximum atomic E-state index is 12.9. The lowest BCUT2D eigenvalue weighted by Gasteiger charge is -2.36. The Kier molecular flexibility index (Phi) is 8.42. The molecular formula is C28H35N3O4. The minimum absolute atomic E-state index is 0.00508. The molecule has 0 aliphatic carbocycles. The van der Waals surface area contributed by atoms with Crippen LogP contribution in [-0.2, 0) is 4.79 Å². The highest BCUT2D eigenvalue weighted by molar-refractivity contribution is 5.94. The van der Waals surface area contributed by atoms with E-state index in [0.29, 0.717) is 24.7 Å². The molecule has 2 aliphatic rings. The maximum absolute atomic E-state index is 12.9. The summed E-state index contributed by atoms with van der Waals surface area (Å²) in [6, 6.07) is 16.0. The first-order valence-electron chi connectivity index (χ1n) is 12.5. The summed E-state index contributed by atoms with van der Waals surface area (Å²) in [6.07, 6.45) is 6.27. The first-order valence-corrected chi connectivity index (χ1v) is 12.5. The van der Waals surface area contributed by atoms with Crippen LogP contribution >= 0.6 is 0 Å². The average molecular weight is 478 g/mol. The van der Waals surface area contributed by atoms with Gasteiger partial charge in [0.15, 0.2) is 0 Å². The highest BCUT2D eigenvalue weighted by Crippen LogP contribution is 2.22. The molecule has 2 saturated heterocycles. The van der Waals surface area contributed by atoms with Gasteiger partial charge in [-0.1, -0.05) is 12.1 Å². The Morgan fingerprint density at radius 2 is 1.71 bits per heavy atom. The monoisotopic (exact) mass is 477 g/mol. The number of hydrogen-bond donors (Lipinski definition) is 1. The van der Waals surface area contributed by atoms with E-state index in [0.717, 1.165) is 55.7 Å². The standard InChI is InChI=1S/C28H35N3O4/c1-22-4-2-15-29(22)16-3-21-35-26-12-10-25(11-13-26)30-17-19-31(20-18-30)28(34)24-8-5-23(6-9-24)7-14-27(32)33/h5-14,22H,2-4,15-21H2,1H3,(H,32,33)/b14-7+. The van der Waals surface area contributed by atoms with Crippen molar-refractivity contribution in [2.75, 3.05) is 50.8 Å². The lowest BCUT2D eigenvalue weighted by molar-refractivity contribution is -0.131. The summed E-state index contributed by atoms with van der Waals surface area (Å²) in [4.78, 5) is 30.2. The van der Waals surface area contributed by atoms with Gasteiger partial charge in [-0.25, -0.2) is 4.79 Å². The number of piperazine rings is 1. The van der Waals surface area contributed by atoms with Crippen molar-refractivity contribution in [3.05, 3.63) is 65.7 Å². The SMILES string of the molecule is CC1CCCN1CCCOc1ccc(N2CCN(C(=O)c3ccc(/C=C/C(=O)O)cc3)CC2)cc1. The van der Waals surface area contributed by atoms with Gasteiger partial charge in [0.05, 0.1) is 6.61 Å². The molecule has 7 nitrogen and oxygen atoms in total. The number of benzene rings is 2. The number of carboxylic acids is 1. The number of anilines is 1. The summed E-state index contributed by atoms with van der Waals surface area (Å²) in [7, 11) is 0. The summed E-state index contributed by atoms with van der Waals surface area (Å²) in [5.74, 6) is -0.0861. The largest absolute Gasteiger partial charge is 0.494 e. The van der Waals surface area contributed by atoms with E-state index < -0.39 is 5.97 Å². The van der Waals surface area contributed by atoms with Gasteiger partial charge in [0.2, 0.25) is 0 Å². The van der Waals surface area contributed by atoms with Gasteiger partial charge in [0.1, 0.15) is 5.75 Å². The molecule has 2 heterocycles. The normalized spacial score (nSPS) is 18.8. The topological polar surface area (TPSA) is 73.3 Å². The Hall–Kier alpha value is -3.32. The Bertz CT molecular complexity index is 1010. The van der Waals surface area contributed by atoms with Gasteiger partial charge in [0, 0.05) is 56.1 Å². The van der Waals surface area contributed by atoms with E-state index in [1.165, 1.54) is 25.5 Å². The zero-order valence-corrected chi connectivity index (χ0v) is 20.4. The second-order valence-electron chi connectivity index (χ2n) is 9.30. The molecule has 0 bridgehead atoms. The summed E-state index contributed by atoms with van der Waals surface area (Å²) >= 11 is 0. The molecule has 1 N–H and O–H groups in total. The second-order valence-corrected chi connectivity index (χ2v) is 9.30. The molecule has 2 fully saturated rings. The third-order valence-electron chi connectivity index (χ3n) is 6.89. The molecule has 0 aromatic heterocycles. The van der Waals surface area contributed by atoms with Gasteiger partial charge in [-0.05, 0) is 80.8 Å². The first kappa shape index (κ1) is 24.8. The van der Waals surface area contributed by atoms with E-state index >= 15 is 0 Å². The number of aliphatic carboxylic acids is 1. The van der Waals surface area contributed by atoms with Crippen LogP contribution in [0, 0.1) is 0 Å². The zero-order chi connectivity index (χ0) is 24.6. The van der Waals surface area contributed by atoms with Gasteiger partial charge in [-0.2, -0.15) is 0 Å². The van der Waals surface area contributed by atoms with Crippen molar-refractivity contribution in [3.63, 3.8) is 0 Å². The number of ether oxygens (including phenoxy) is 1. The van der Waals surface area contributed by atoms with Crippen LogP contribution in [0.1, 0.15) is 42.1 Å². The Morgan fingerprint density at radius 3 is 2.34 bits per heavy atom.